The van der Waals surface area contributed by atoms with Crippen LogP contribution >= 0.6 is 0 Å². The van der Waals surface area contributed by atoms with Crippen molar-refractivity contribution in [3.8, 4) is 12.3 Å². The maximum atomic E-state index is 5.21. The van der Waals surface area contributed by atoms with E-state index in [4.69, 9.17) is 6.42 Å². The second kappa shape index (κ2) is 5.60. The molecule has 0 fully saturated rings. The molecule has 3 heteroatoms. The number of likely N-dealkylation sites (N-methyl/N-ethyl adjacent to an activating group) is 1. The first-order valence-corrected chi connectivity index (χ1v) is 6.02. The average Bonchev–Trinajstić information content (AvgIpc) is 2.37. The molecule has 0 amide bonds. The van der Waals surface area contributed by atoms with Gasteiger partial charge in [0, 0.05) is 33.2 Å². The van der Waals surface area contributed by atoms with Gasteiger partial charge in [-0.3, -0.25) is 0 Å². The summed E-state index contributed by atoms with van der Waals surface area (Å²) in [6, 6.07) is 8.55. The van der Waals surface area contributed by atoms with Crippen molar-refractivity contribution < 1.29 is 0 Å². The molecule has 0 aliphatic carbocycles. The molecule has 0 bridgehead atoms. The summed E-state index contributed by atoms with van der Waals surface area (Å²) in [5.41, 5.74) is 2.64. The normalized spacial score (nSPS) is 14.4. The first-order chi connectivity index (χ1) is 8.33. The summed E-state index contributed by atoms with van der Waals surface area (Å²) in [5, 5.41) is 3.23. The Kier molecular flexibility index (Phi) is 3.89. The highest BCUT2D eigenvalue weighted by Gasteiger charge is 2.18. The average molecular weight is 229 g/mol. The lowest BCUT2D eigenvalue weighted by molar-refractivity contribution is 0.680. The van der Waals surface area contributed by atoms with Crippen LogP contribution in [-0.4, -0.2) is 39.8 Å². The first-order valence-electron chi connectivity index (χ1n) is 6.02. The van der Waals surface area contributed by atoms with Crippen LogP contribution in [-0.2, 0) is 0 Å². The predicted octanol–water partition coefficient (Wildman–Crippen LogP) is 1.17. The molecule has 0 atom stereocenters. The Bertz CT molecular complexity index is 408. The van der Waals surface area contributed by atoms with Gasteiger partial charge in [0.2, 0.25) is 0 Å². The number of nitrogens with zero attached hydrogens (tertiary/aromatic N) is 2. The maximum Gasteiger partial charge on any atom is 0.0605 e. The molecular weight excluding hydrogens is 210 g/mol. The molecule has 1 heterocycles. The fourth-order valence-corrected chi connectivity index (χ4v) is 2.17. The highest BCUT2D eigenvalue weighted by atomic mass is 15.3. The molecule has 1 aromatic rings. The van der Waals surface area contributed by atoms with Crippen LogP contribution in [0.3, 0.4) is 0 Å². The van der Waals surface area contributed by atoms with Gasteiger partial charge in [0.15, 0.2) is 0 Å². The molecule has 1 aliphatic heterocycles. The number of benzene rings is 1. The molecule has 1 aromatic carbocycles. The quantitative estimate of drug-likeness (QED) is 0.617. The van der Waals surface area contributed by atoms with Crippen LogP contribution in [0.1, 0.15) is 0 Å². The van der Waals surface area contributed by atoms with E-state index in [2.05, 4.69) is 52.4 Å². The van der Waals surface area contributed by atoms with Gasteiger partial charge in [0.05, 0.1) is 17.9 Å². The highest BCUT2D eigenvalue weighted by Crippen LogP contribution is 2.31. The molecule has 0 saturated heterocycles. The van der Waals surface area contributed by atoms with Crippen molar-refractivity contribution in [1.82, 2.24) is 5.32 Å². The van der Waals surface area contributed by atoms with E-state index in [-0.39, 0.29) is 0 Å². The molecule has 0 spiro atoms. The van der Waals surface area contributed by atoms with Crippen molar-refractivity contribution in [2.24, 2.45) is 0 Å². The van der Waals surface area contributed by atoms with Gasteiger partial charge in [-0.1, -0.05) is 18.1 Å². The monoisotopic (exact) mass is 229 g/mol. The third-order valence-electron chi connectivity index (χ3n) is 3.12. The number of fused-ring (bicyclic) bond motifs is 1. The van der Waals surface area contributed by atoms with Crippen LogP contribution in [0.2, 0.25) is 0 Å². The van der Waals surface area contributed by atoms with Crippen LogP contribution < -0.4 is 15.1 Å². The molecule has 0 aromatic heterocycles. The van der Waals surface area contributed by atoms with Crippen molar-refractivity contribution in [2.75, 3.05) is 49.6 Å². The van der Waals surface area contributed by atoms with Crippen molar-refractivity contribution in [1.29, 1.82) is 0 Å². The third-order valence-corrected chi connectivity index (χ3v) is 3.12. The lowest BCUT2D eigenvalue weighted by Gasteiger charge is -2.37. The molecule has 0 unspecified atom stereocenters. The Morgan fingerprint density at radius 1 is 1.29 bits per heavy atom. The second-order valence-corrected chi connectivity index (χ2v) is 4.28. The summed E-state index contributed by atoms with van der Waals surface area (Å²) >= 11 is 0. The van der Waals surface area contributed by atoms with Gasteiger partial charge in [-0.2, -0.15) is 0 Å². The molecule has 17 heavy (non-hydrogen) atoms. The predicted molar refractivity (Wildman–Crippen MR) is 73.6 cm³/mol. The first kappa shape index (κ1) is 11.8. The number of rotatable bonds is 4. The summed E-state index contributed by atoms with van der Waals surface area (Å²) in [7, 11) is 2.15. The van der Waals surface area contributed by atoms with Crippen molar-refractivity contribution in [2.45, 2.75) is 0 Å². The van der Waals surface area contributed by atoms with Crippen LogP contribution in [0.5, 0.6) is 0 Å². The minimum absolute atomic E-state index is 0.648. The minimum Gasteiger partial charge on any atom is -0.371 e. The Balaban J connectivity index is 2.01. The molecular formula is C14H19N3. The zero-order valence-electron chi connectivity index (χ0n) is 10.3. The molecule has 0 radical (unpaired) electrons. The smallest absolute Gasteiger partial charge is 0.0605 e. The van der Waals surface area contributed by atoms with Crippen molar-refractivity contribution in [3.63, 3.8) is 0 Å². The van der Waals surface area contributed by atoms with Gasteiger partial charge >= 0.3 is 0 Å². The van der Waals surface area contributed by atoms with Gasteiger partial charge in [-0.15, -0.1) is 6.42 Å². The fourth-order valence-electron chi connectivity index (χ4n) is 2.17. The van der Waals surface area contributed by atoms with Crippen molar-refractivity contribution in [3.05, 3.63) is 24.3 Å². The van der Waals surface area contributed by atoms with E-state index >= 15 is 0 Å². The lowest BCUT2D eigenvalue weighted by Crippen LogP contribution is -2.42. The largest absolute Gasteiger partial charge is 0.371 e. The van der Waals surface area contributed by atoms with Crippen LogP contribution in [0.15, 0.2) is 24.3 Å². The fraction of sp³-hybridized carbons (Fsp3) is 0.429. The molecule has 90 valence electrons. The highest BCUT2D eigenvalue weighted by molar-refractivity contribution is 5.73. The number of hydrogen-bond donors (Lipinski definition) is 1. The van der Waals surface area contributed by atoms with Crippen molar-refractivity contribution >= 4 is 11.4 Å². The Morgan fingerprint density at radius 3 is 2.82 bits per heavy atom. The summed E-state index contributed by atoms with van der Waals surface area (Å²) in [5.74, 6) is 2.59. The van der Waals surface area contributed by atoms with E-state index in [1.807, 2.05) is 0 Å². The molecule has 1 aliphatic rings. The van der Waals surface area contributed by atoms with E-state index in [1.165, 1.54) is 11.4 Å². The van der Waals surface area contributed by atoms with E-state index in [0.717, 1.165) is 26.2 Å². The minimum atomic E-state index is 0.648. The summed E-state index contributed by atoms with van der Waals surface area (Å²) in [6.45, 7) is 4.74. The van der Waals surface area contributed by atoms with Crippen LogP contribution in [0.4, 0.5) is 11.4 Å². The topological polar surface area (TPSA) is 18.5 Å². The number of anilines is 2. The Labute approximate surface area is 103 Å². The molecule has 0 saturated carbocycles. The second-order valence-electron chi connectivity index (χ2n) is 4.28. The lowest BCUT2D eigenvalue weighted by atomic mass is 10.2. The van der Waals surface area contributed by atoms with Crippen LogP contribution in [0.25, 0.3) is 0 Å². The summed E-state index contributed by atoms with van der Waals surface area (Å²) < 4.78 is 0. The van der Waals surface area contributed by atoms with Gasteiger partial charge in [-0.05, 0) is 12.1 Å². The van der Waals surface area contributed by atoms with Gasteiger partial charge in [0.1, 0.15) is 0 Å². The Morgan fingerprint density at radius 2 is 2.06 bits per heavy atom. The molecule has 3 nitrogen and oxygen atoms in total. The SMILES string of the molecule is C#CCNCCN1CCN(C)c2ccccc21. The summed E-state index contributed by atoms with van der Waals surface area (Å²) in [4.78, 5) is 4.72. The number of hydrogen-bond acceptors (Lipinski definition) is 3. The van der Waals surface area contributed by atoms with E-state index in [0.29, 0.717) is 6.54 Å². The van der Waals surface area contributed by atoms with E-state index in [9.17, 15) is 0 Å². The Hall–Kier alpha value is -1.66. The zero-order chi connectivity index (χ0) is 12.1. The number of para-hydroxylation sites is 2. The third kappa shape index (κ3) is 2.72. The van der Waals surface area contributed by atoms with E-state index < -0.39 is 0 Å². The van der Waals surface area contributed by atoms with Gasteiger partial charge < -0.3 is 15.1 Å². The molecule has 1 N–H and O–H groups in total. The van der Waals surface area contributed by atoms with E-state index in [1.54, 1.807) is 0 Å². The molecule has 2 rings (SSSR count). The van der Waals surface area contributed by atoms with Gasteiger partial charge in [0.25, 0.3) is 0 Å². The summed E-state index contributed by atoms with van der Waals surface area (Å²) in [6.07, 6.45) is 5.21. The van der Waals surface area contributed by atoms with Gasteiger partial charge in [-0.25, -0.2) is 0 Å². The number of terminal acetylenes is 1. The number of nitrogens with one attached hydrogen (secondary N) is 1. The standard InChI is InChI=1S/C14H19N3/c1-3-8-15-9-10-17-12-11-16(2)13-6-4-5-7-14(13)17/h1,4-7,15H,8-12H2,2H3. The maximum absolute atomic E-state index is 5.21. The van der Waals surface area contributed by atoms with Crippen LogP contribution in [0, 0.1) is 12.3 Å². The zero-order valence-corrected chi connectivity index (χ0v) is 10.3.